The fourth-order valence-electron chi connectivity index (χ4n) is 4.37. The first-order valence-corrected chi connectivity index (χ1v) is 11.5. The molecule has 0 unspecified atom stereocenters. The van der Waals surface area contributed by atoms with Gasteiger partial charge in [0.15, 0.2) is 17.3 Å². The first-order valence-electron chi connectivity index (χ1n) is 11.5. The van der Waals surface area contributed by atoms with Gasteiger partial charge in [0.2, 0.25) is 5.91 Å². The highest BCUT2D eigenvalue weighted by Crippen LogP contribution is 2.35. The number of nitrogens with zero attached hydrogens (tertiary/aromatic N) is 4. The zero-order valence-electron chi connectivity index (χ0n) is 18.7. The largest absolute Gasteiger partial charge is 0.472 e. The lowest BCUT2D eigenvalue weighted by Gasteiger charge is -2.07. The molecule has 176 valence electrons. The average Bonchev–Trinajstić information content (AvgIpc) is 3.26. The van der Waals surface area contributed by atoms with Crippen LogP contribution >= 0.6 is 0 Å². The first-order chi connectivity index (χ1) is 17.6. The van der Waals surface area contributed by atoms with Gasteiger partial charge < -0.3 is 14.7 Å². The van der Waals surface area contributed by atoms with Gasteiger partial charge in [0.05, 0.1) is 29.9 Å². The smallest absolute Gasteiger partial charge is 0.227 e. The molecule has 5 aromatic heterocycles. The summed E-state index contributed by atoms with van der Waals surface area (Å²) >= 11 is 0. The molecular weight excluding hydrogens is 461 g/mol. The number of hydrogen-bond acceptors (Lipinski definition) is 6. The summed E-state index contributed by atoms with van der Waals surface area (Å²) in [6, 6.07) is 8.76. The Balaban J connectivity index is 1.32. The summed E-state index contributed by atoms with van der Waals surface area (Å²) in [7, 11) is 0. The van der Waals surface area contributed by atoms with Gasteiger partial charge in [-0.05, 0) is 48.7 Å². The minimum Gasteiger partial charge on any atom is -0.472 e. The summed E-state index contributed by atoms with van der Waals surface area (Å²) in [4.78, 5) is 28.7. The highest BCUT2D eigenvalue weighted by molar-refractivity contribution is 5.98. The number of pyridine rings is 2. The average molecular weight is 479 g/mol. The molecule has 0 aliphatic heterocycles. The second-order valence-electron chi connectivity index (χ2n) is 8.83. The number of carbonyl (C=O) groups is 1. The van der Waals surface area contributed by atoms with E-state index < -0.39 is 5.82 Å². The Kier molecular flexibility index (Phi) is 4.47. The molecule has 1 aromatic carbocycles. The summed E-state index contributed by atoms with van der Waals surface area (Å²) in [6.45, 7) is 0. The third-order valence-electron chi connectivity index (χ3n) is 6.36. The van der Waals surface area contributed by atoms with Crippen molar-refractivity contribution in [1.82, 2.24) is 30.1 Å². The van der Waals surface area contributed by atoms with Crippen LogP contribution in [0.3, 0.4) is 0 Å². The topological polar surface area (TPSA) is 125 Å². The second kappa shape index (κ2) is 7.84. The summed E-state index contributed by atoms with van der Waals surface area (Å²) in [6.07, 6.45) is 9.97. The number of nitrogens with one attached hydrogen (secondary N) is 3. The van der Waals surface area contributed by atoms with Gasteiger partial charge in [-0.25, -0.2) is 14.4 Å². The van der Waals surface area contributed by atoms with E-state index in [0.29, 0.717) is 39.4 Å². The first kappa shape index (κ1) is 20.5. The van der Waals surface area contributed by atoms with E-state index in [9.17, 15) is 4.79 Å². The van der Waals surface area contributed by atoms with Gasteiger partial charge in [-0.3, -0.25) is 14.9 Å². The number of furan rings is 1. The third kappa shape index (κ3) is 3.42. The Bertz CT molecular complexity index is 1770. The molecule has 7 rings (SSSR count). The molecule has 0 saturated heterocycles. The van der Waals surface area contributed by atoms with Crippen molar-refractivity contribution < 1.29 is 13.6 Å². The van der Waals surface area contributed by atoms with Crippen molar-refractivity contribution in [3.63, 3.8) is 0 Å². The molecule has 5 heterocycles. The normalized spacial score (nSPS) is 13.5. The molecule has 10 heteroatoms. The van der Waals surface area contributed by atoms with Gasteiger partial charge in [0, 0.05) is 40.4 Å². The fourth-order valence-corrected chi connectivity index (χ4v) is 4.37. The molecule has 1 aliphatic rings. The summed E-state index contributed by atoms with van der Waals surface area (Å²) in [5.74, 6) is 0.0612. The van der Waals surface area contributed by atoms with E-state index in [1.807, 2.05) is 18.2 Å². The van der Waals surface area contributed by atoms with Crippen molar-refractivity contribution in [2.24, 2.45) is 5.92 Å². The lowest BCUT2D eigenvalue weighted by Crippen LogP contribution is -2.13. The molecule has 6 aromatic rings. The maximum atomic E-state index is 15.1. The number of amides is 1. The SMILES string of the molecule is O=C(Nc1cncc(-c2cc(F)c3n[nH]c(-c4nc5nccc(-c6ccoc6)c5[nH]4)c3c2)c1)C1CC1. The van der Waals surface area contributed by atoms with Crippen LogP contribution in [0.25, 0.3) is 55.8 Å². The van der Waals surface area contributed by atoms with Crippen molar-refractivity contribution in [2.45, 2.75) is 12.8 Å². The van der Waals surface area contributed by atoms with Gasteiger partial charge in [-0.1, -0.05) is 0 Å². The minimum absolute atomic E-state index is 0.0130. The molecule has 1 fully saturated rings. The molecular formula is C26H18FN7O2. The Morgan fingerprint density at radius 3 is 2.86 bits per heavy atom. The number of aromatic nitrogens is 6. The van der Waals surface area contributed by atoms with Crippen LogP contribution in [-0.2, 0) is 4.79 Å². The molecule has 1 amide bonds. The maximum Gasteiger partial charge on any atom is 0.227 e. The fraction of sp³-hybridized carbons (Fsp3) is 0.115. The third-order valence-corrected chi connectivity index (χ3v) is 6.36. The number of fused-ring (bicyclic) bond motifs is 2. The predicted molar refractivity (Wildman–Crippen MR) is 131 cm³/mol. The van der Waals surface area contributed by atoms with E-state index in [1.165, 1.54) is 6.07 Å². The van der Waals surface area contributed by atoms with Crippen LogP contribution in [0.2, 0.25) is 0 Å². The lowest BCUT2D eigenvalue weighted by atomic mass is 10.0. The molecule has 9 nitrogen and oxygen atoms in total. The number of rotatable bonds is 5. The van der Waals surface area contributed by atoms with E-state index >= 15 is 4.39 Å². The zero-order valence-corrected chi connectivity index (χ0v) is 18.7. The number of halogens is 1. The molecule has 1 saturated carbocycles. The van der Waals surface area contributed by atoms with Crippen molar-refractivity contribution in [3.8, 4) is 33.8 Å². The van der Waals surface area contributed by atoms with Gasteiger partial charge in [0.25, 0.3) is 0 Å². The number of imidazole rings is 1. The number of aromatic amines is 2. The van der Waals surface area contributed by atoms with Crippen LogP contribution in [-0.4, -0.2) is 36.0 Å². The van der Waals surface area contributed by atoms with Gasteiger partial charge in [-0.15, -0.1) is 0 Å². The van der Waals surface area contributed by atoms with Gasteiger partial charge >= 0.3 is 0 Å². The molecule has 0 atom stereocenters. The highest BCUT2D eigenvalue weighted by Gasteiger charge is 2.29. The Hall–Kier alpha value is -4.86. The van der Waals surface area contributed by atoms with Crippen LogP contribution < -0.4 is 5.32 Å². The zero-order chi connectivity index (χ0) is 24.2. The second-order valence-corrected chi connectivity index (χ2v) is 8.83. The van der Waals surface area contributed by atoms with E-state index in [1.54, 1.807) is 37.2 Å². The van der Waals surface area contributed by atoms with E-state index in [-0.39, 0.29) is 17.3 Å². The Labute approximate surface area is 202 Å². The van der Waals surface area contributed by atoms with Crippen molar-refractivity contribution in [1.29, 1.82) is 0 Å². The quantitative estimate of drug-likeness (QED) is 0.308. The summed E-state index contributed by atoms with van der Waals surface area (Å²) in [5, 5.41) is 10.6. The molecule has 36 heavy (non-hydrogen) atoms. The number of anilines is 1. The number of H-pyrrole nitrogens is 2. The molecule has 0 radical (unpaired) electrons. The molecule has 0 bridgehead atoms. The Morgan fingerprint density at radius 1 is 1.11 bits per heavy atom. The van der Waals surface area contributed by atoms with Crippen LogP contribution in [0.4, 0.5) is 10.1 Å². The Morgan fingerprint density at radius 2 is 2.03 bits per heavy atom. The van der Waals surface area contributed by atoms with Crippen LogP contribution in [0.5, 0.6) is 0 Å². The van der Waals surface area contributed by atoms with Crippen LogP contribution in [0.15, 0.2) is 65.9 Å². The van der Waals surface area contributed by atoms with Crippen LogP contribution in [0.1, 0.15) is 12.8 Å². The monoisotopic (exact) mass is 479 g/mol. The standard InChI is InChI=1S/C26H18FN7O2/c27-20-9-15(16-7-17(11-28-10-16)30-26(35)13-1-2-13)8-19-21(20)33-34-23(19)25-31-22-18(14-4-6-36-12-14)3-5-29-24(22)32-25/h3-13H,1-2H2,(H,30,35)(H,33,34)(H,29,31,32). The number of benzene rings is 1. The number of hydrogen-bond donors (Lipinski definition) is 3. The van der Waals surface area contributed by atoms with E-state index in [2.05, 4.69) is 35.5 Å². The molecule has 0 spiro atoms. The van der Waals surface area contributed by atoms with E-state index in [4.69, 9.17) is 4.42 Å². The molecule has 3 N–H and O–H groups in total. The highest BCUT2D eigenvalue weighted by atomic mass is 19.1. The minimum atomic E-state index is -0.481. The summed E-state index contributed by atoms with van der Waals surface area (Å²) in [5.41, 5.74) is 5.61. The maximum absolute atomic E-state index is 15.1. The van der Waals surface area contributed by atoms with Crippen LogP contribution in [0, 0.1) is 11.7 Å². The van der Waals surface area contributed by atoms with E-state index in [0.717, 1.165) is 29.5 Å². The van der Waals surface area contributed by atoms with Crippen molar-refractivity contribution >= 4 is 33.7 Å². The summed E-state index contributed by atoms with van der Waals surface area (Å²) < 4.78 is 20.3. The van der Waals surface area contributed by atoms with Crippen molar-refractivity contribution in [2.75, 3.05) is 5.32 Å². The van der Waals surface area contributed by atoms with Gasteiger partial charge in [0.1, 0.15) is 11.2 Å². The van der Waals surface area contributed by atoms with Crippen molar-refractivity contribution in [3.05, 3.63) is 67.3 Å². The molecule has 1 aliphatic carbocycles. The lowest BCUT2D eigenvalue weighted by molar-refractivity contribution is -0.117. The predicted octanol–water partition coefficient (Wildman–Crippen LogP) is 5.31. The number of carbonyl (C=O) groups excluding carboxylic acids is 1. The van der Waals surface area contributed by atoms with Gasteiger partial charge in [-0.2, -0.15) is 5.10 Å².